The summed E-state index contributed by atoms with van der Waals surface area (Å²) in [6.07, 6.45) is 4.97. The minimum atomic E-state index is 0.808. The average Bonchev–Trinajstić information content (AvgIpc) is 2.86. The molecule has 0 radical (unpaired) electrons. The molecular formula is C21H37N5. The summed E-state index contributed by atoms with van der Waals surface area (Å²) in [7, 11) is 4.05. The molecule has 1 heterocycles. The lowest BCUT2D eigenvalue weighted by atomic mass is 10.1. The van der Waals surface area contributed by atoms with Crippen LogP contribution in [0.2, 0.25) is 0 Å². The number of hydrogen-bond acceptors (Lipinski definition) is 3. The molecule has 0 unspecified atom stereocenters. The molecule has 1 aliphatic heterocycles. The maximum atomic E-state index is 4.29. The highest BCUT2D eigenvalue weighted by Crippen LogP contribution is 2.10. The Morgan fingerprint density at radius 1 is 1.00 bits per heavy atom. The normalized spacial score (nSPS) is 17.1. The molecule has 0 spiro atoms. The van der Waals surface area contributed by atoms with Crippen molar-refractivity contribution in [2.24, 2.45) is 4.99 Å². The van der Waals surface area contributed by atoms with E-state index in [-0.39, 0.29) is 0 Å². The van der Waals surface area contributed by atoms with Gasteiger partial charge in [0.25, 0.3) is 0 Å². The predicted octanol–water partition coefficient (Wildman–Crippen LogP) is 2.68. The van der Waals surface area contributed by atoms with Gasteiger partial charge >= 0.3 is 0 Å². The minimum Gasteiger partial charge on any atom is -0.356 e. The molecule has 1 fully saturated rings. The quantitative estimate of drug-likeness (QED) is 0.425. The van der Waals surface area contributed by atoms with Crippen LogP contribution in [0.15, 0.2) is 29.3 Å². The summed E-state index contributed by atoms with van der Waals surface area (Å²) in [6, 6.07) is 9.00. The third-order valence-corrected chi connectivity index (χ3v) is 5.00. The first-order chi connectivity index (χ1) is 12.7. The summed E-state index contributed by atoms with van der Waals surface area (Å²) in [4.78, 5) is 9.29. The number of likely N-dealkylation sites (N-methyl/N-ethyl adjacent to an activating group) is 1. The SMILES string of the molecule is CCCCCNC(=NC)NCc1ccc(CN2CCCN(C)CC2)cc1. The monoisotopic (exact) mass is 359 g/mol. The van der Waals surface area contributed by atoms with Crippen molar-refractivity contribution in [3.8, 4) is 0 Å². The smallest absolute Gasteiger partial charge is 0.191 e. The minimum absolute atomic E-state index is 0.808. The van der Waals surface area contributed by atoms with E-state index in [1.54, 1.807) is 0 Å². The van der Waals surface area contributed by atoms with Gasteiger partial charge in [-0.1, -0.05) is 44.0 Å². The fraction of sp³-hybridized carbons (Fsp3) is 0.667. The lowest BCUT2D eigenvalue weighted by Crippen LogP contribution is -2.37. The standard InChI is InChI=1S/C21H37N5/c1-4-5-6-12-23-21(22-2)24-17-19-8-10-20(11-9-19)18-26-14-7-13-25(3)15-16-26/h8-11H,4-7,12-18H2,1-3H3,(H2,22,23,24). The van der Waals surface area contributed by atoms with Crippen LogP contribution in [0.3, 0.4) is 0 Å². The van der Waals surface area contributed by atoms with E-state index in [0.29, 0.717) is 0 Å². The summed E-state index contributed by atoms with van der Waals surface area (Å²) >= 11 is 0. The number of benzene rings is 1. The molecule has 146 valence electrons. The second-order valence-corrected chi connectivity index (χ2v) is 7.31. The van der Waals surface area contributed by atoms with Gasteiger partial charge in [0.05, 0.1) is 0 Å². The third-order valence-electron chi connectivity index (χ3n) is 5.00. The van der Waals surface area contributed by atoms with Crippen LogP contribution in [0.5, 0.6) is 0 Å². The van der Waals surface area contributed by atoms with Crippen molar-refractivity contribution in [3.05, 3.63) is 35.4 Å². The van der Waals surface area contributed by atoms with Gasteiger partial charge in [-0.15, -0.1) is 0 Å². The number of aliphatic imine (C=N–C) groups is 1. The van der Waals surface area contributed by atoms with E-state index >= 15 is 0 Å². The molecule has 0 bridgehead atoms. The number of unbranched alkanes of at least 4 members (excludes halogenated alkanes) is 2. The highest BCUT2D eigenvalue weighted by atomic mass is 15.2. The van der Waals surface area contributed by atoms with Crippen molar-refractivity contribution in [2.75, 3.05) is 46.8 Å². The van der Waals surface area contributed by atoms with Gasteiger partial charge in [-0.05, 0) is 44.1 Å². The first-order valence-electron chi connectivity index (χ1n) is 10.1. The third kappa shape index (κ3) is 7.75. The van der Waals surface area contributed by atoms with Gasteiger partial charge in [-0.3, -0.25) is 9.89 Å². The van der Waals surface area contributed by atoms with Crippen LogP contribution in [0, 0.1) is 0 Å². The van der Waals surface area contributed by atoms with Crippen LogP contribution in [-0.4, -0.2) is 62.6 Å². The summed E-state index contributed by atoms with van der Waals surface area (Å²) in [6.45, 7) is 9.83. The van der Waals surface area contributed by atoms with Crippen LogP contribution in [0.4, 0.5) is 0 Å². The molecule has 1 aliphatic rings. The molecule has 1 aromatic carbocycles. The molecule has 5 heteroatoms. The lowest BCUT2D eigenvalue weighted by molar-refractivity contribution is 0.269. The first-order valence-corrected chi connectivity index (χ1v) is 10.1. The Kier molecular flexibility index (Phi) is 9.50. The molecular weight excluding hydrogens is 322 g/mol. The number of hydrogen-bond donors (Lipinski definition) is 2. The number of rotatable bonds is 8. The summed E-state index contributed by atoms with van der Waals surface area (Å²) in [5.74, 6) is 0.888. The predicted molar refractivity (Wildman–Crippen MR) is 112 cm³/mol. The molecule has 0 amide bonds. The Balaban J connectivity index is 1.74. The zero-order valence-corrected chi connectivity index (χ0v) is 16.9. The molecule has 26 heavy (non-hydrogen) atoms. The van der Waals surface area contributed by atoms with Crippen LogP contribution < -0.4 is 10.6 Å². The summed E-state index contributed by atoms with van der Waals surface area (Å²) < 4.78 is 0. The zero-order chi connectivity index (χ0) is 18.6. The Bertz CT molecular complexity index is 526. The van der Waals surface area contributed by atoms with E-state index in [9.17, 15) is 0 Å². The van der Waals surface area contributed by atoms with E-state index in [0.717, 1.165) is 25.6 Å². The van der Waals surface area contributed by atoms with Crippen molar-refractivity contribution in [3.63, 3.8) is 0 Å². The molecule has 1 saturated heterocycles. The number of nitrogens with one attached hydrogen (secondary N) is 2. The zero-order valence-electron chi connectivity index (χ0n) is 16.9. The van der Waals surface area contributed by atoms with E-state index in [1.165, 1.54) is 63.0 Å². The van der Waals surface area contributed by atoms with E-state index in [2.05, 4.69) is 63.7 Å². The molecule has 0 atom stereocenters. The maximum absolute atomic E-state index is 4.29. The van der Waals surface area contributed by atoms with Gasteiger partial charge in [0, 0.05) is 39.8 Å². The van der Waals surface area contributed by atoms with Crippen molar-refractivity contribution >= 4 is 5.96 Å². The van der Waals surface area contributed by atoms with Gasteiger partial charge in [0.1, 0.15) is 0 Å². The molecule has 2 N–H and O–H groups in total. The van der Waals surface area contributed by atoms with E-state index in [1.807, 2.05) is 7.05 Å². The Morgan fingerprint density at radius 3 is 2.50 bits per heavy atom. The van der Waals surface area contributed by atoms with Crippen LogP contribution >= 0.6 is 0 Å². The van der Waals surface area contributed by atoms with Gasteiger partial charge in [0.2, 0.25) is 0 Å². The topological polar surface area (TPSA) is 42.9 Å². The molecule has 2 rings (SSSR count). The van der Waals surface area contributed by atoms with Gasteiger partial charge in [0.15, 0.2) is 5.96 Å². The highest BCUT2D eigenvalue weighted by Gasteiger charge is 2.12. The van der Waals surface area contributed by atoms with Crippen LogP contribution in [0.1, 0.15) is 43.7 Å². The van der Waals surface area contributed by atoms with Crippen molar-refractivity contribution in [1.82, 2.24) is 20.4 Å². The van der Waals surface area contributed by atoms with Crippen molar-refractivity contribution in [1.29, 1.82) is 0 Å². The Hall–Kier alpha value is -1.59. The average molecular weight is 360 g/mol. The van der Waals surface area contributed by atoms with Crippen molar-refractivity contribution in [2.45, 2.75) is 45.7 Å². The van der Waals surface area contributed by atoms with Crippen LogP contribution in [-0.2, 0) is 13.1 Å². The first kappa shape index (κ1) is 20.7. The Morgan fingerprint density at radius 2 is 1.77 bits per heavy atom. The molecule has 0 aliphatic carbocycles. The van der Waals surface area contributed by atoms with Gasteiger partial charge < -0.3 is 15.5 Å². The lowest BCUT2D eigenvalue weighted by Gasteiger charge is -2.20. The molecule has 0 aromatic heterocycles. The second-order valence-electron chi connectivity index (χ2n) is 7.31. The van der Waals surface area contributed by atoms with Crippen LogP contribution in [0.25, 0.3) is 0 Å². The number of nitrogens with zero attached hydrogens (tertiary/aromatic N) is 3. The largest absolute Gasteiger partial charge is 0.356 e. The van der Waals surface area contributed by atoms with E-state index < -0.39 is 0 Å². The maximum Gasteiger partial charge on any atom is 0.191 e. The Labute approximate surface area is 159 Å². The molecule has 5 nitrogen and oxygen atoms in total. The summed E-state index contributed by atoms with van der Waals surface area (Å²) in [5, 5.41) is 6.78. The number of guanidine groups is 1. The van der Waals surface area contributed by atoms with Gasteiger partial charge in [-0.25, -0.2) is 0 Å². The fourth-order valence-corrected chi connectivity index (χ4v) is 3.27. The molecule has 1 aromatic rings. The fourth-order valence-electron chi connectivity index (χ4n) is 3.27. The van der Waals surface area contributed by atoms with Crippen molar-refractivity contribution < 1.29 is 0 Å². The van der Waals surface area contributed by atoms with E-state index in [4.69, 9.17) is 0 Å². The van der Waals surface area contributed by atoms with Gasteiger partial charge in [-0.2, -0.15) is 0 Å². The second kappa shape index (κ2) is 11.9. The summed E-state index contributed by atoms with van der Waals surface area (Å²) in [5.41, 5.74) is 2.70. The highest BCUT2D eigenvalue weighted by molar-refractivity contribution is 5.79. The molecule has 0 saturated carbocycles.